The molecule has 0 aliphatic carbocycles. The van der Waals surface area contributed by atoms with Gasteiger partial charge < -0.3 is 15.1 Å². The molecule has 0 radical (unpaired) electrons. The molecule has 0 fully saturated rings. The maximum atomic E-state index is 5.55. The molecule has 0 saturated carbocycles. The minimum Gasteiger partial charge on any atom is -0.444 e. The summed E-state index contributed by atoms with van der Waals surface area (Å²) in [6.07, 6.45) is 2.29. The third-order valence-corrected chi connectivity index (χ3v) is 3.41. The van der Waals surface area contributed by atoms with Crippen LogP contribution in [0.4, 0.5) is 0 Å². The number of rotatable bonds is 5. The summed E-state index contributed by atoms with van der Waals surface area (Å²) in [5.74, 6) is 2.34. The number of halogens is 1. The lowest BCUT2D eigenvalue weighted by Crippen LogP contribution is -2.42. The Morgan fingerprint density at radius 2 is 1.95 bits per heavy atom. The molecule has 1 atom stereocenters. The van der Waals surface area contributed by atoms with Gasteiger partial charge in [-0.25, -0.2) is 4.98 Å². The number of aryl methyl sites for hydroxylation is 2. The monoisotopic (exact) mass is 422 g/mol. The molecule has 0 aliphatic rings. The van der Waals surface area contributed by atoms with Gasteiger partial charge in [-0.15, -0.1) is 24.0 Å². The van der Waals surface area contributed by atoms with Gasteiger partial charge in [0.2, 0.25) is 5.89 Å². The maximum Gasteiger partial charge on any atom is 0.214 e. The standard InChI is InChI=1S/C16H30N4O.HI/c1-11(8-9-16(4,5)6)19-15(17-7)18-10-14-20-12(2)13(3)21-14;/h11H,8-10H2,1-7H3,(H2,17,18,19);1H. The highest BCUT2D eigenvalue weighted by Crippen LogP contribution is 2.21. The lowest BCUT2D eigenvalue weighted by molar-refractivity contribution is 0.346. The van der Waals surface area contributed by atoms with E-state index in [0.29, 0.717) is 23.9 Å². The normalized spacial score (nSPS) is 13.5. The Bertz CT molecular complexity index is 457. The number of hydrogen-bond acceptors (Lipinski definition) is 3. The zero-order chi connectivity index (χ0) is 16.0. The molecule has 1 rings (SSSR count). The fourth-order valence-electron chi connectivity index (χ4n) is 1.92. The molecule has 5 nitrogen and oxygen atoms in total. The van der Waals surface area contributed by atoms with E-state index in [2.05, 4.69) is 48.3 Å². The van der Waals surface area contributed by atoms with E-state index in [1.807, 2.05) is 13.8 Å². The number of hydrogen-bond donors (Lipinski definition) is 2. The predicted molar refractivity (Wildman–Crippen MR) is 103 cm³/mol. The average Bonchev–Trinajstić information content (AvgIpc) is 2.70. The molecule has 1 aromatic rings. The first-order valence-electron chi connectivity index (χ1n) is 7.61. The van der Waals surface area contributed by atoms with Crippen molar-refractivity contribution >= 4 is 29.9 Å². The van der Waals surface area contributed by atoms with Crippen molar-refractivity contribution in [1.29, 1.82) is 0 Å². The van der Waals surface area contributed by atoms with Crippen molar-refractivity contribution in [3.63, 3.8) is 0 Å². The van der Waals surface area contributed by atoms with Crippen LogP contribution in [0.1, 0.15) is 57.9 Å². The van der Waals surface area contributed by atoms with Crippen LogP contribution in [0, 0.1) is 19.3 Å². The molecule has 1 aromatic heterocycles. The third kappa shape index (κ3) is 8.00. The zero-order valence-electron chi connectivity index (χ0n) is 14.9. The van der Waals surface area contributed by atoms with Crippen molar-refractivity contribution in [2.75, 3.05) is 7.05 Å². The van der Waals surface area contributed by atoms with Gasteiger partial charge in [0.1, 0.15) is 5.76 Å². The highest BCUT2D eigenvalue weighted by atomic mass is 127. The van der Waals surface area contributed by atoms with Gasteiger partial charge in [0.15, 0.2) is 5.96 Å². The molecule has 0 spiro atoms. The van der Waals surface area contributed by atoms with E-state index < -0.39 is 0 Å². The van der Waals surface area contributed by atoms with Gasteiger partial charge in [-0.1, -0.05) is 20.8 Å². The molecular formula is C16H31IN4O. The van der Waals surface area contributed by atoms with Crippen LogP contribution in [0.15, 0.2) is 9.41 Å². The van der Waals surface area contributed by atoms with Gasteiger partial charge in [-0.05, 0) is 39.0 Å². The summed E-state index contributed by atoms with van der Waals surface area (Å²) in [7, 11) is 1.78. The first-order valence-corrected chi connectivity index (χ1v) is 7.61. The molecule has 6 heteroatoms. The van der Waals surface area contributed by atoms with E-state index in [1.165, 1.54) is 6.42 Å². The van der Waals surface area contributed by atoms with Gasteiger partial charge in [-0.3, -0.25) is 4.99 Å². The summed E-state index contributed by atoms with van der Waals surface area (Å²) < 4.78 is 5.55. The molecule has 2 N–H and O–H groups in total. The van der Waals surface area contributed by atoms with Crippen molar-refractivity contribution in [2.24, 2.45) is 10.4 Å². The summed E-state index contributed by atoms with van der Waals surface area (Å²) in [4.78, 5) is 8.59. The number of aromatic nitrogens is 1. The van der Waals surface area contributed by atoms with Crippen LogP contribution < -0.4 is 10.6 Å². The molecule has 128 valence electrons. The second kappa shape index (κ2) is 9.37. The molecule has 0 aromatic carbocycles. The second-order valence-corrected chi connectivity index (χ2v) is 6.82. The molecule has 1 heterocycles. The summed E-state index contributed by atoms with van der Waals surface area (Å²) in [5.41, 5.74) is 1.30. The van der Waals surface area contributed by atoms with E-state index >= 15 is 0 Å². The Kier molecular flexibility index (Phi) is 9.04. The summed E-state index contributed by atoms with van der Waals surface area (Å²) in [6, 6.07) is 0.378. The summed E-state index contributed by atoms with van der Waals surface area (Å²) in [5, 5.41) is 6.64. The van der Waals surface area contributed by atoms with Crippen LogP contribution in [0.5, 0.6) is 0 Å². The van der Waals surface area contributed by atoms with Crippen LogP contribution in [-0.2, 0) is 6.54 Å². The first kappa shape index (κ1) is 21.2. The Balaban J connectivity index is 0.00000441. The minimum atomic E-state index is 0. The molecule has 0 amide bonds. The van der Waals surface area contributed by atoms with Crippen molar-refractivity contribution < 1.29 is 4.42 Å². The topological polar surface area (TPSA) is 62.5 Å². The Morgan fingerprint density at radius 1 is 1.32 bits per heavy atom. The molecule has 0 bridgehead atoms. The van der Waals surface area contributed by atoms with Crippen molar-refractivity contribution in [3.05, 3.63) is 17.3 Å². The SMILES string of the molecule is CN=C(NCc1nc(C)c(C)o1)NC(C)CCC(C)(C)C.I. The molecule has 1 unspecified atom stereocenters. The summed E-state index contributed by atoms with van der Waals surface area (Å²) in [6.45, 7) is 13.4. The molecule has 0 aliphatic heterocycles. The molecule has 22 heavy (non-hydrogen) atoms. The van der Waals surface area contributed by atoms with Crippen LogP contribution in [0.2, 0.25) is 0 Å². The highest BCUT2D eigenvalue weighted by molar-refractivity contribution is 14.0. The fraction of sp³-hybridized carbons (Fsp3) is 0.750. The van der Waals surface area contributed by atoms with Gasteiger partial charge in [-0.2, -0.15) is 0 Å². The third-order valence-electron chi connectivity index (χ3n) is 3.41. The van der Waals surface area contributed by atoms with Crippen molar-refractivity contribution in [1.82, 2.24) is 15.6 Å². The highest BCUT2D eigenvalue weighted by Gasteiger charge is 2.13. The number of aliphatic imine (C=N–C) groups is 1. The smallest absolute Gasteiger partial charge is 0.214 e. The fourth-order valence-corrected chi connectivity index (χ4v) is 1.92. The quantitative estimate of drug-likeness (QED) is 0.431. The van der Waals surface area contributed by atoms with E-state index in [9.17, 15) is 0 Å². The van der Waals surface area contributed by atoms with Crippen LogP contribution in [0.25, 0.3) is 0 Å². The number of nitrogens with one attached hydrogen (secondary N) is 2. The first-order chi connectivity index (χ1) is 9.71. The van der Waals surface area contributed by atoms with Gasteiger partial charge >= 0.3 is 0 Å². The lowest BCUT2D eigenvalue weighted by atomic mass is 9.89. The Labute approximate surface area is 151 Å². The van der Waals surface area contributed by atoms with Gasteiger partial charge in [0.05, 0.1) is 12.2 Å². The Morgan fingerprint density at radius 3 is 2.41 bits per heavy atom. The largest absolute Gasteiger partial charge is 0.444 e. The molecular weight excluding hydrogens is 391 g/mol. The van der Waals surface area contributed by atoms with E-state index in [4.69, 9.17) is 4.42 Å². The van der Waals surface area contributed by atoms with Crippen LogP contribution >= 0.6 is 24.0 Å². The van der Waals surface area contributed by atoms with Crippen molar-refractivity contribution in [2.45, 2.75) is 67.0 Å². The van der Waals surface area contributed by atoms with Crippen LogP contribution in [0.3, 0.4) is 0 Å². The van der Waals surface area contributed by atoms with E-state index in [0.717, 1.165) is 23.8 Å². The van der Waals surface area contributed by atoms with Gasteiger partial charge in [0, 0.05) is 13.1 Å². The molecule has 0 saturated heterocycles. The minimum absolute atomic E-state index is 0. The van der Waals surface area contributed by atoms with E-state index in [-0.39, 0.29) is 24.0 Å². The predicted octanol–water partition coefficient (Wildman–Crippen LogP) is 3.79. The second-order valence-electron chi connectivity index (χ2n) is 6.82. The zero-order valence-corrected chi connectivity index (χ0v) is 17.2. The number of nitrogens with zero attached hydrogens (tertiary/aromatic N) is 2. The number of guanidine groups is 1. The maximum absolute atomic E-state index is 5.55. The van der Waals surface area contributed by atoms with Crippen molar-refractivity contribution in [3.8, 4) is 0 Å². The van der Waals surface area contributed by atoms with Crippen LogP contribution in [-0.4, -0.2) is 24.0 Å². The average molecular weight is 422 g/mol. The number of oxazole rings is 1. The Hall–Kier alpha value is -0.790. The van der Waals surface area contributed by atoms with Gasteiger partial charge in [0.25, 0.3) is 0 Å². The lowest BCUT2D eigenvalue weighted by Gasteiger charge is -2.22. The van der Waals surface area contributed by atoms with E-state index in [1.54, 1.807) is 7.05 Å². The summed E-state index contributed by atoms with van der Waals surface area (Å²) >= 11 is 0.